The monoisotopic (exact) mass is 234 g/mol. The van der Waals surface area contributed by atoms with Crippen molar-refractivity contribution < 1.29 is 17.9 Å². The molecule has 7 heteroatoms. The number of halogens is 3. The zero-order valence-electron chi connectivity index (χ0n) is 7.21. The fourth-order valence-electron chi connectivity index (χ4n) is 1.09. The van der Waals surface area contributed by atoms with Gasteiger partial charge in [-0.15, -0.1) is 13.2 Å². The van der Waals surface area contributed by atoms with Gasteiger partial charge in [0, 0.05) is 0 Å². The number of thiazole rings is 1. The molecule has 0 spiro atoms. The van der Waals surface area contributed by atoms with Crippen LogP contribution in [0, 0.1) is 0 Å². The van der Waals surface area contributed by atoms with Gasteiger partial charge in [0.15, 0.2) is 0 Å². The Kier molecular flexibility index (Phi) is 2.18. The zero-order valence-corrected chi connectivity index (χ0v) is 8.02. The highest BCUT2D eigenvalue weighted by molar-refractivity contribution is 7.20. The number of hydrogen-bond acceptors (Lipinski definition) is 4. The molecule has 0 atom stereocenters. The molecule has 0 aliphatic carbocycles. The van der Waals surface area contributed by atoms with Gasteiger partial charge in [-0.25, -0.2) is 4.98 Å². The number of nitrogens with zero attached hydrogens (tertiary/aromatic N) is 1. The lowest BCUT2D eigenvalue weighted by molar-refractivity contribution is -0.274. The molecule has 0 saturated carbocycles. The number of nitrogen functional groups attached to an aromatic ring is 1. The second kappa shape index (κ2) is 3.27. The maximum absolute atomic E-state index is 11.9. The predicted molar refractivity (Wildman–Crippen MR) is 50.7 cm³/mol. The SMILES string of the molecule is Nc1cccc2sc(OC(F)(F)F)nc12. The van der Waals surface area contributed by atoms with E-state index in [0.29, 0.717) is 15.9 Å². The molecule has 0 fully saturated rings. The molecule has 0 aliphatic rings. The molecular formula is C8H5F3N2OS. The third-order valence-electron chi connectivity index (χ3n) is 1.63. The van der Waals surface area contributed by atoms with Crippen LogP contribution < -0.4 is 10.5 Å². The van der Waals surface area contributed by atoms with Crippen LogP contribution >= 0.6 is 11.3 Å². The van der Waals surface area contributed by atoms with Crippen LogP contribution in [0.5, 0.6) is 5.19 Å². The molecule has 2 rings (SSSR count). The van der Waals surface area contributed by atoms with Crippen LogP contribution in [0.25, 0.3) is 10.2 Å². The number of hydrogen-bond donors (Lipinski definition) is 1. The minimum atomic E-state index is -4.72. The van der Waals surface area contributed by atoms with Crippen molar-refractivity contribution in [1.82, 2.24) is 4.98 Å². The summed E-state index contributed by atoms with van der Waals surface area (Å²) in [6, 6.07) is 4.85. The van der Waals surface area contributed by atoms with Crippen LogP contribution in [0.2, 0.25) is 0 Å². The van der Waals surface area contributed by atoms with Crippen molar-refractivity contribution in [2.75, 3.05) is 5.73 Å². The van der Waals surface area contributed by atoms with E-state index in [0.717, 1.165) is 11.3 Å². The molecule has 80 valence electrons. The van der Waals surface area contributed by atoms with Crippen LogP contribution in [0.3, 0.4) is 0 Å². The van der Waals surface area contributed by atoms with Crippen molar-refractivity contribution in [3.8, 4) is 5.19 Å². The molecular weight excluding hydrogens is 229 g/mol. The number of alkyl halides is 3. The fraction of sp³-hybridized carbons (Fsp3) is 0.125. The first-order valence-corrected chi connectivity index (χ1v) is 4.68. The number of ether oxygens (including phenoxy) is 1. The Hall–Kier alpha value is -1.50. The number of para-hydroxylation sites is 1. The number of aromatic nitrogens is 1. The summed E-state index contributed by atoms with van der Waals surface area (Å²) >= 11 is 0.805. The summed E-state index contributed by atoms with van der Waals surface area (Å²) in [7, 11) is 0. The summed E-state index contributed by atoms with van der Waals surface area (Å²) in [5, 5.41) is -0.449. The molecule has 2 N–H and O–H groups in total. The average Bonchev–Trinajstić information content (AvgIpc) is 2.45. The molecule has 0 bridgehead atoms. The number of fused-ring (bicyclic) bond motifs is 1. The van der Waals surface area contributed by atoms with Gasteiger partial charge in [0.2, 0.25) is 0 Å². The molecule has 0 saturated heterocycles. The van der Waals surface area contributed by atoms with Crippen molar-refractivity contribution in [2.45, 2.75) is 6.36 Å². The number of nitrogens with two attached hydrogens (primary N) is 1. The molecule has 0 amide bonds. The van der Waals surface area contributed by atoms with E-state index in [1.165, 1.54) is 0 Å². The summed E-state index contributed by atoms with van der Waals surface area (Å²) in [6.07, 6.45) is -4.72. The normalized spacial score (nSPS) is 11.9. The summed E-state index contributed by atoms with van der Waals surface area (Å²) in [5.74, 6) is 0. The molecule has 0 radical (unpaired) electrons. The minimum absolute atomic E-state index is 0.334. The van der Waals surface area contributed by atoms with Gasteiger partial charge in [-0.2, -0.15) is 0 Å². The Morgan fingerprint density at radius 2 is 2.07 bits per heavy atom. The van der Waals surface area contributed by atoms with Crippen LogP contribution in [-0.2, 0) is 0 Å². The van der Waals surface area contributed by atoms with Gasteiger partial charge in [0.1, 0.15) is 5.52 Å². The summed E-state index contributed by atoms with van der Waals surface area (Å²) < 4.78 is 39.9. The topological polar surface area (TPSA) is 48.1 Å². The lowest BCUT2D eigenvalue weighted by atomic mass is 10.3. The lowest BCUT2D eigenvalue weighted by Gasteiger charge is -2.03. The van der Waals surface area contributed by atoms with Crippen molar-refractivity contribution in [3.05, 3.63) is 18.2 Å². The Morgan fingerprint density at radius 1 is 1.33 bits per heavy atom. The number of rotatable bonds is 1. The average molecular weight is 234 g/mol. The van der Waals surface area contributed by atoms with E-state index in [2.05, 4.69) is 9.72 Å². The third kappa shape index (κ3) is 2.12. The van der Waals surface area contributed by atoms with Gasteiger partial charge in [-0.1, -0.05) is 17.4 Å². The van der Waals surface area contributed by atoms with Crippen LogP contribution in [0.4, 0.5) is 18.9 Å². The van der Waals surface area contributed by atoms with Crippen molar-refractivity contribution >= 4 is 27.2 Å². The van der Waals surface area contributed by atoms with E-state index in [4.69, 9.17) is 5.73 Å². The Morgan fingerprint density at radius 3 is 2.67 bits per heavy atom. The van der Waals surface area contributed by atoms with Crippen molar-refractivity contribution in [1.29, 1.82) is 0 Å². The van der Waals surface area contributed by atoms with Crippen LogP contribution in [0.1, 0.15) is 0 Å². The predicted octanol–water partition coefficient (Wildman–Crippen LogP) is 2.78. The maximum Gasteiger partial charge on any atom is 0.574 e. The molecule has 15 heavy (non-hydrogen) atoms. The number of benzene rings is 1. The molecule has 2 aromatic rings. The van der Waals surface area contributed by atoms with Crippen molar-refractivity contribution in [2.24, 2.45) is 0 Å². The standard InChI is InChI=1S/C8H5F3N2OS/c9-8(10,11)14-7-13-6-4(12)2-1-3-5(6)15-7/h1-3H,12H2. The molecule has 0 unspecified atom stereocenters. The molecule has 1 aromatic carbocycles. The van der Waals surface area contributed by atoms with E-state index >= 15 is 0 Å². The highest BCUT2D eigenvalue weighted by atomic mass is 32.1. The van der Waals surface area contributed by atoms with Gasteiger partial charge >= 0.3 is 6.36 Å². The van der Waals surface area contributed by atoms with Crippen LogP contribution in [0.15, 0.2) is 18.2 Å². The van der Waals surface area contributed by atoms with Gasteiger partial charge in [0.05, 0.1) is 10.4 Å². The van der Waals surface area contributed by atoms with Gasteiger partial charge in [-0.3, -0.25) is 0 Å². The first kappa shape index (κ1) is 10.0. The highest BCUT2D eigenvalue weighted by Gasteiger charge is 2.32. The lowest BCUT2D eigenvalue weighted by Crippen LogP contribution is -2.16. The van der Waals surface area contributed by atoms with Gasteiger partial charge < -0.3 is 10.5 Å². The molecule has 1 aromatic heterocycles. The first-order valence-electron chi connectivity index (χ1n) is 3.86. The minimum Gasteiger partial charge on any atom is -0.397 e. The van der Waals surface area contributed by atoms with E-state index in [-0.39, 0.29) is 0 Å². The van der Waals surface area contributed by atoms with E-state index < -0.39 is 11.6 Å². The molecule has 0 aliphatic heterocycles. The Balaban J connectivity index is 2.44. The second-order valence-corrected chi connectivity index (χ2v) is 3.71. The van der Waals surface area contributed by atoms with Gasteiger partial charge in [0.25, 0.3) is 5.19 Å². The second-order valence-electron chi connectivity index (χ2n) is 2.72. The summed E-state index contributed by atoms with van der Waals surface area (Å²) in [6.45, 7) is 0. The third-order valence-corrected chi connectivity index (χ3v) is 2.53. The van der Waals surface area contributed by atoms with E-state index in [9.17, 15) is 13.2 Å². The number of anilines is 1. The largest absolute Gasteiger partial charge is 0.574 e. The smallest absolute Gasteiger partial charge is 0.397 e. The van der Waals surface area contributed by atoms with E-state index in [1.54, 1.807) is 18.2 Å². The van der Waals surface area contributed by atoms with E-state index in [1.807, 2.05) is 0 Å². The Bertz CT molecular complexity index is 494. The molecule has 3 nitrogen and oxygen atoms in total. The quantitative estimate of drug-likeness (QED) is 0.772. The van der Waals surface area contributed by atoms with Crippen molar-refractivity contribution in [3.63, 3.8) is 0 Å². The summed E-state index contributed by atoms with van der Waals surface area (Å²) in [5.41, 5.74) is 6.21. The molecule has 1 heterocycles. The zero-order chi connectivity index (χ0) is 11.1. The fourth-order valence-corrected chi connectivity index (χ4v) is 1.96. The summed E-state index contributed by atoms with van der Waals surface area (Å²) in [4.78, 5) is 3.65. The maximum atomic E-state index is 11.9. The van der Waals surface area contributed by atoms with Gasteiger partial charge in [-0.05, 0) is 12.1 Å². The Labute approximate surface area is 86.3 Å². The van der Waals surface area contributed by atoms with Crippen LogP contribution in [-0.4, -0.2) is 11.3 Å². The highest BCUT2D eigenvalue weighted by Crippen LogP contribution is 2.33. The first-order chi connectivity index (χ1) is 6.96.